The van der Waals surface area contributed by atoms with Crippen molar-refractivity contribution < 1.29 is 9.18 Å². The molecule has 0 saturated carbocycles. The van der Waals surface area contributed by atoms with E-state index in [2.05, 4.69) is 26.8 Å². The van der Waals surface area contributed by atoms with E-state index in [9.17, 15) is 9.18 Å². The Kier molecular flexibility index (Phi) is 5.05. The summed E-state index contributed by atoms with van der Waals surface area (Å²) >= 11 is 1.82. The number of halogens is 1. The van der Waals surface area contributed by atoms with Crippen LogP contribution in [0.2, 0.25) is 0 Å². The molecule has 0 spiro atoms. The van der Waals surface area contributed by atoms with Crippen LogP contribution in [0.25, 0.3) is 5.69 Å². The van der Waals surface area contributed by atoms with Crippen molar-refractivity contribution in [1.82, 2.24) is 20.0 Å². The van der Waals surface area contributed by atoms with Gasteiger partial charge in [0.1, 0.15) is 11.5 Å². The first-order valence-electron chi connectivity index (χ1n) is 8.99. The SMILES string of the molecule is Cc1c(C(=O)NCCN2CCc3sccc3C2)cnn1-c1ccccc1F. The number of thiophene rings is 1. The van der Waals surface area contributed by atoms with Gasteiger partial charge in [0.25, 0.3) is 5.91 Å². The largest absolute Gasteiger partial charge is 0.351 e. The maximum absolute atomic E-state index is 14.0. The quantitative estimate of drug-likeness (QED) is 0.735. The highest BCUT2D eigenvalue weighted by atomic mass is 32.1. The topological polar surface area (TPSA) is 50.2 Å². The Labute approximate surface area is 161 Å². The van der Waals surface area contributed by atoms with Gasteiger partial charge in [-0.05, 0) is 42.5 Å². The predicted octanol–water partition coefficient (Wildman–Crippen LogP) is 3.17. The summed E-state index contributed by atoms with van der Waals surface area (Å²) in [5.74, 6) is -0.545. The number of aromatic nitrogens is 2. The van der Waals surface area contributed by atoms with Gasteiger partial charge < -0.3 is 5.32 Å². The first kappa shape index (κ1) is 17.9. The predicted molar refractivity (Wildman–Crippen MR) is 104 cm³/mol. The monoisotopic (exact) mass is 384 g/mol. The van der Waals surface area contributed by atoms with E-state index in [1.165, 1.54) is 27.4 Å². The van der Waals surface area contributed by atoms with Gasteiger partial charge in [0.15, 0.2) is 0 Å². The second kappa shape index (κ2) is 7.62. The van der Waals surface area contributed by atoms with E-state index in [1.807, 2.05) is 11.3 Å². The molecule has 3 heterocycles. The molecule has 1 amide bonds. The van der Waals surface area contributed by atoms with E-state index >= 15 is 0 Å². The number of para-hydroxylation sites is 1. The fourth-order valence-electron chi connectivity index (χ4n) is 3.42. The van der Waals surface area contributed by atoms with Gasteiger partial charge in [-0.2, -0.15) is 5.10 Å². The molecule has 1 N–H and O–H groups in total. The number of fused-ring (bicyclic) bond motifs is 1. The summed E-state index contributed by atoms with van der Waals surface area (Å²) in [6.45, 7) is 5.12. The third-order valence-electron chi connectivity index (χ3n) is 4.94. The number of amides is 1. The Bertz CT molecular complexity index is 965. The van der Waals surface area contributed by atoms with E-state index < -0.39 is 0 Å². The molecule has 0 saturated heterocycles. The number of nitrogens with one attached hydrogen (secondary N) is 1. The molecule has 0 fully saturated rings. The van der Waals surface area contributed by atoms with Gasteiger partial charge in [-0.25, -0.2) is 9.07 Å². The average Bonchev–Trinajstić information content (AvgIpc) is 3.28. The lowest BCUT2D eigenvalue weighted by Crippen LogP contribution is -2.37. The van der Waals surface area contributed by atoms with E-state index in [4.69, 9.17) is 0 Å². The molecule has 1 aliphatic heterocycles. The standard InChI is InChI=1S/C20H21FN4OS/c1-14-16(12-23-25(14)18-5-3-2-4-17(18)21)20(26)22-8-10-24-9-6-19-15(13-24)7-11-27-19/h2-5,7,11-12H,6,8-10,13H2,1H3,(H,22,26). The third-order valence-corrected chi connectivity index (χ3v) is 5.96. The van der Waals surface area contributed by atoms with Crippen molar-refractivity contribution >= 4 is 17.2 Å². The van der Waals surface area contributed by atoms with Gasteiger partial charge in [0.2, 0.25) is 0 Å². The maximum Gasteiger partial charge on any atom is 0.254 e. The molecule has 1 aliphatic rings. The highest BCUT2D eigenvalue weighted by Gasteiger charge is 2.19. The number of carbonyl (C=O) groups is 1. The molecular weight excluding hydrogens is 363 g/mol. The van der Waals surface area contributed by atoms with Crippen LogP contribution < -0.4 is 5.32 Å². The van der Waals surface area contributed by atoms with Crippen LogP contribution in [-0.2, 0) is 13.0 Å². The molecule has 140 valence electrons. The van der Waals surface area contributed by atoms with Crippen LogP contribution in [0.1, 0.15) is 26.5 Å². The minimum Gasteiger partial charge on any atom is -0.351 e. The lowest BCUT2D eigenvalue weighted by atomic mass is 10.1. The number of rotatable bonds is 5. The zero-order chi connectivity index (χ0) is 18.8. The van der Waals surface area contributed by atoms with Crippen LogP contribution in [0.4, 0.5) is 4.39 Å². The minimum absolute atomic E-state index is 0.177. The van der Waals surface area contributed by atoms with Crippen molar-refractivity contribution in [2.45, 2.75) is 19.9 Å². The molecule has 0 unspecified atom stereocenters. The van der Waals surface area contributed by atoms with Gasteiger partial charge in [-0.3, -0.25) is 9.69 Å². The van der Waals surface area contributed by atoms with Crippen LogP contribution in [0, 0.1) is 12.7 Å². The van der Waals surface area contributed by atoms with E-state index in [1.54, 1.807) is 25.1 Å². The second-order valence-electron chi connectivity index (χ2n) is 6.66. The third kappa shape index (κ3) is 3.65. The van der Waals surface area contributed by atoms with Crippen molar-refractivity contribution in [3.05, 3.63) is 69.4 Å². The first-order valence-corrected chi connectivity index (χ1v) is 9.87. The molecule has 4 rings (SSSR count). The Hall–Kier alpha value is -2.51. The van der Waals surface area contributed by atoms with Crippen molar-refractivity contribution in [3.63, 3.8) is 0 Å². The van der Waals surface area contributed by atoms with Gasteiger partial charge in [0, 0.05) is 31.1 Å². The molecular formula is C20H21FN4OS. The Morgan fingerprint density at radius 1 is 1.33 bits per heavy atom. The zero-order valence-electron chi connectivity index (χ0n) is 15.1. The fourth-order valence-corrected chi connectivity index (χ4v) is 4.31. The molecule has 1 aromatic carbocycles. The molecule has 27 heavy (non-hydrogen) atoms. The lowest BCUT2D eigenvalue weighted by Gasteiger charge is -2.26. The van der Waals surface area contributed by atoms with Crippen molar-refractivity contribution in [2.75, 3.05) is 19.6 Å². The fraction of sp³-hybridized carbons (Fsp3) is 0.300. The Morgan fingerprint density at radius 2 is 2.19 bits per heavy atom. The summed E-state index contributed by atoms with van der Waals surface area (Å²) in [5.41, 5.74) is 2.84. The van der Waals surface area contributed by atoms with Gasteiger partial charge in [-0.15, -0.1) is 11.3 Å². The van der Waals surface area contributed by atoms with Crippen molar-refractivity contribution in [3.8, 4) is 5.69 Å². The molecule has 0 aliphatic carbocycles. The summed E-state index contributed by atoms with van der Waals surface area (Å²) in [4.78, 5) is 16.3. The molecule has 3 aromatic rings. The van der Waals surface area contributed by atoms with Gasteiger partial charge >= 0.3 is 0 Å². The Morgan fingerprint density at radius 3 is 3.04 bits per heavy atom. The smallest absolute Gasteiger partial charge is 0.254 e. The zero-order valence-corrected chi connectivity index (χ0v) is 15.9. The van der Waals surface area contributed by atoms with Crippen LogP contribution in [0.15, 0.2) is 41.9 Å². The summed E-state index contributed by atoms with van der Waals surface area (Å²) in [6.07, 6.45) is 2.57. The summed E-state index contributed by atoms with van der Waals surface area (Å²) in [5, 5.41) is 9.30. The van der Waals surface area contributed by atoms with E-state index in [-0.39, 0.29) is 11.7 Å². The molecule has 0 atom stereocenters. The first-order chi connectivity index (χ1) is 13.1. The van der Waals surface area contributed by atoms with E-state index in [0.717, 1.165) is 26.1 Å². The number of hydrogen-bond donors (Lipinski definition) is 1. The molecule has 5 nitrogen and oxygen atoms in total. The van der Waals surface area contributed by atoms with Gasteiger partial charge in [0.05, 0.1) is 17.5 Å². The molecule has 0 bridgehead atoms. The normalized spacial score (nSPS) is 14.1. The lowest BCUT2D eigenvalue weighted by molar-refractivity contribution is 0.0946. The highest BCUT2D eigenvalue weighted by Crippen LogP contribution is 2.23. The highest BCUT2D eigenvalue weighted by molar-refractivity contribution is 7.10. The molecule has 2 aromatic heterocycles. The van der Waals surface area contributed by atoms with Crippen LogP contribution in [0.5, 0.6) is 0 Å². The van der Waals surface area contributed by atoms with Crippen molar-refractivity contribution in [2.24, 2.45) is 0 Å². The van der Waals surface area contributed by atoms with Crippen molar-refractivity contribution in [1.29, 1.82) is 0 Å². The Balaban J connectivity index is 1.36. The van der Waals surface area contributed by atoms with Gasteiger partial charge in [-0.1, -0.05) is 12.1 Å². The van der Waals surface area contributed by atoms with Crippen LogP contribution in [-0.4, -0.2) is 40.2 Å². The summed E-state index contributed by atoms with van der Waals surface area (Å²) in [6, 6.07) is 8.59. The second-order valence-corrected chi connectivity index (χ2v) is 7.66. The average molecular weight is 384 g/mol. The number of nitrogens with zero attached hydrogens (tertiary/aromatic N) is 3. The van der Waals surface area contributed by atoms with E-state index in [0.29, 0.717) is 23.5 Å². The summed E-state index contributed by atoms with van der Waals surface area (Å²) in [7, 11) is 0. The number of carbonyl (C=O) groups excluding carboxylic acids is 1. The van der Waals surface area contributed by atoms with Crippen LogP contribution >= 0.6 is 11.3 Å². The molecule has 7 heteroatoms. The number of hydrogen-bond acceptors (Lipinski definition) is 4. The number of benzene rings is 1. The maximum atomic E-state index is 14.0. The minimum atomic E-state index is -0.367. The van der Waals surface area contributed by atoms with Crippen LogP contribution in [0.3, 0.4) is 0 Å². The summed E-state index contributed by atoms with van der Waals surface area (Å²) < 4.78 is 15.5. The molecule has 0 radical (unpaired) electrons.